The Bertz CT molecular complexity index is 1520. The van der Waals surface area contributed by atoms with E-state index in [1.165, 1.54) is 28.5 Å². The second kappa shape index (κ2) is 9.24. The molecule has 1 atom stereocenters. The number of benzene rings is 4. The molecule has 0 saturated carbocycles. The first-order valence-electron chi connectivity index (χ1n) is 11.6. The van der Waals surface area contributed by atoms with E-state index in [0.717, 1.165) is 22.0 Å². The minimum atomic E-state index is -0.252. The van der Waals surface area contributed by atoms with Crippen LogP contribution >= 0.6 is 0 Å². The van der Waals surface area contributed by atoms with Gasteiger partial charge < -0.3 is 4.98 Å². The summed E-state index contributed by atoms with van der Waals surface area (Å²) in [5.74, 6) is -0.252. The molecule has 0 saturated heterocycles. The maximum Gasteiger partial charge on any atom is 0.252 e. The molecule has 0 radical (unpaired) electrons. The van der Waals surface area contributed by atoms with Gasteiger partial charge >= 0.3 is 0 Å². The lowest BCUT2D eigenvalue weighted by molar-refractivity contribution is 0.192. The number of hydrogen-bond acceptors (Lipinski definition) is 2. The monoisotopic (exact) mass is 450 g/mol. The zero-order valence-corrected chi connectivity index (χ0v) is 19.4. The van der Waals surface area contributed by atoms with E-state index in [4.69, 9.17) is 0 Å². The van der Waals surface area contributed by atoms with Crippen LogP contribution in [-0.2, 0) is 13.1 Å². The van der Waals surface area contributed by atoms with Crippen LogP contribution in [0.5, 0.6) is 0 Å². The molecule has 0 amide bonds. The van der Waals surface area contributed by atoms with Gasteiger partial charge in [-0.3, -0.25) is 9.69 Å². The number of aryl methyl sites for hydroxylation is 1. The molecule has 5 rings (SSSR count). The van der Waals surface area contributed by atoms with Crippen molar-refractivity contribution in [1.29, 1.82) is 0 Å². The molecule has 0 bridgehead atoms. The van der Waals surface area contributed by atoms with Crippen LogP contribution in [0.1, 0.15) is 35.2 Å². The van der Waals surface area contributed by atoms with E-state index in [9.17, 15) is 9.18 Å². The van der Waals surface area contributed by atoms with Crippen LogP contribution in [0.15, 0.2) is 95.8 Å². The Hall–Kier alpha value is -3.76. The second-order valence-electron chi connectivity index (χ2n) is 8.99. The summed E-state index contributed by atoms with van der Waals surface area (Å²) in [7, 11) is 0. The fourth-order valence-electron chi connectivity index (χ4n) is 4.64. The highest BCUT2D eigenvalue weighted by atomic mass is 19.1. The van der Waals surface area contributed by atoms with Crippen molar-refractivity contribution in [2.75, 3.05) is 0 Å². The third-order valence-corrected chi connectivity index (χ3v) is 6.60. The molecule has 0 fully saturated rings. The van der Waals surface area contributed by atoms with Gasteiger partial charge in [0.05, 0.1) is 0 Å². The van der Waals surface area contributed by atoms with Gasteiger partial charge in [-0.05, 0) is 71.5 Å². The molecule has 0 aliphatic heterocycles. The van der Waals surface area contributed by atoms with Crippen LogP contribution in [0, 0.1) is 12.7 Å². The molecule has 0 aliphatic rings. The van der Waals surface area contributed by atoms with E-state index in [2.05, 4.69) is 59.3 Å². The predicted molar refractivity (Wildman–Crippen MR) is 137 cm³/mol. The molecule has 170 valence electrons. The number of aromatic amines is 1. The minimum Gasteiger partial charge on any atom is -0.322 e. The van der Waals surface area contributed by atoms with Gasteiger partial charge in [-0.2, -0.15) is 0 Å². The molecule has 4 aromatic carbocycles. The maximum atomic E-state index is 13.6. The van der Waals surface area contributed by atoms with Crippen LogP contribution in [0.3, 0.4) is 0 Å². The maximum absolute atomic E-state index is 13.6. The van der Waals surface area contributed by atoms with E-state index >= 15 is 0 Å². The molecule has 0 spiro atoms. The Morgan fingerprint density at radius 3 is 2.38 bits per heavy atom. The number of H-pyrrole nitrogens is 1. The Labute approximate surface area is 198 Å². The molecule has 1 heterocycles. The first-order valence-corrected chi connectivity index (χ1v) is 11.6. The number of aromatic nitrogens is 1. The molecule has 0 aliphatic carbocycles. The SMILES string of the molecule is Cc1ccc2[nH]c(=O)c(CN(Cc3cccc4ccccc34)C(C)c3ccc(F)cc3)cc2c1. The Morgan fingerprint density at radius 1 is 0.824 bits per heavy atom. The summed E-state index contributed by atoms with van der Waals surface area (Å²) in [6.07, 6.45) is 0. The minimum absolute atomic E-state index is 0.0211. The number of pyridine rings is 1. The van der Waals surface area contributed by atoms with Crippen molar-refractivity contribution in [1.82, 2.24) is 9.88 Å². The summed E-state index contributed by atoms with van der Waals surface area (Å²) in [6.45, 7) is 5.29. The Kier molecular flexibility index (Phi) is 5.99. The molecule has 5 aromatic rings. The predicted octanol–water partition coefficient (Wildman–Crippen LogP) is 6.89. The van der Waals surface area contributed by atoms with Crippen molar-refractivity contribution in [3.8, 4) is 0 Å². The summed E-state index contributed by atoms with van der Waals surface area (Å²) < 4.78 is 13.6. The highest BCUT2D eigenvalue weighted by Crippen LogP contribution is 2.28. The molecule has 1 unspecified atom stereocenters. The Balaban J connectivity index is 1.56. The lowest BCUT2D eigenvalue weighted by Crippen LogP contribution is -2.29. The van der Waals surface area contributed by atoms with Crippen molar-refractivity contribution in [2.45, 2.75) is 33.0 Å². The topological polar surface area (TPSA) is 36.1 Å². The van der Waals surface area contributed by atoms with Crippen molar-refractivity contribution in [3.05, 3.63) is 129 Å². The van der Waals surface area contributed by atoms with Gasteiger partial charge in [-0.1, -0.05) is 66.2 Å². The van der Waals surface area contributed by atoms with Gasteiger partial charge in [0.25, 0.3) is 5.56 Å². The lowest BCUT2D eigenvalue weighted by atomic mass is 10.0. The first-order chi connectivity index (χ1) is 16.5. The second-order valence-corrected chi connectivity index (χ2v) is 8.99. The van der Waals surface area contributed by atoms with Crippen LogP contribution in [0.2, 0.25) is 0 Å². The zero-order valence-electron chi connectivity index (χ0n) is 19.4. The number of nitrogens with one attached hydrogen (secondary N) is 1. The van der Waals surface area contributed by atoms with E-state index < -0.39 is 0 Å². The molecule has 1 N–H and O–H groups in total. The number of fused-ring (bicyclic) bond motifs is 2. The number of halogens is 1. The molecule has 4 heteroatoms. The van der Waals surface area contributed by atoms with Crippen molar-refractivity contribution < 1.29 is 4.39 Å². The average Bonchev–Trinajstić information content (AvgIpc) is 2.84. The summed E-state index contributed by atoms with van der Waals surface area (Å²) in [4.78, 5) is 18.3. The highest BCUT2D eigenvalue weighted by molar-refractivity contribution is 5.85. The van der Waals surface area contributed by atoms with Crippen molar-refractivity contribution >= 4 is 21.7 Å². The molecule has 1 aromatic heterocycles. The summed E-state index contributed by atoms with van der Waals surface area (Å²) in [5, 5.41) is 3.41. The summed E-state index contributed by atoms with van der Waals surface area (Å²) in [6, 6.07) is 29.3. The quantitative estimate of drug-likeness (QED) is 0.306. The number of rotatable bonds is 6. The highest BCUT2D eigenvalue weighted by Gasteiger charge is 2.19. The number of nitrogens with zero attached hydrogens (tertiary/aromatic N) is 1. The van der Waals surface area contributed by atoms with Gasteiger partial charge in [0.1, 0.15) is 5.82 Å². The van der Waals surface area contributed by atoms with Crippen LogP contribution < -0.4 is 5.56 Å². The normalized spacial score (nSPS) is 12.5. The van der Waals surface area contributed by atoms with Gasteiger partial charge in [0.15, 0.2) is 0 Å². The molecule has 3 nitrogen and oxygen atoms in total. The van der Waals surface area contributed by atoms with Gasteiger partial charge in [0, 0.05) is 30.2 Å². The van der Waals surface area contributed by atoms with Crippen molar-refractivity contribution in [3.63, 3.8) is 0 Å². The largest absolute Gasteiger partial charge is 0.322 e. The molecular weight excluding hydrogens is 423 g/mol. The van der Waals surface area contributed by atoms with E-state index in [0.29, 0.717) is 18.7 Å². The van der Waals surface area contributed by atoms with Crippen LogP contribution in [0.25, 0.3) is 21.7 Å². The van der Waals surface area contributed by atoms with E-state index in [1.54, 1.807) is 0 Å². The molecular formula is C30H27FN2O. The van der Waals surface area contributed by atoms with E-state index in [1.807, 2.05) is 43.3 Å². The van der Waals surface area contributed by atoms with Gasteiger partial charge in [-0.15, -0.1) is 0 Å². The summed E-state index contributed by atoms with van der Waals surface area (Å²) in [5.41, 5.74) is 4.83. The van der Waals surface area contributed by atoms with Crippen LogP contribution in [-0.4, -0.2) is 9.88 Å². The molecule has 34 heavy (non-hydrogen) atoms. The lowest BCUT2D eigenvalue weighted by Gasteiger charge is -2.30. The smallest absolute Gasteiger partial charge is 0.252 e. The fraction of sp³-hybridized carbons (Fsp3) is 0.167. The van der Waals surface area contributed by atoms with Crippen LogP contribution in [0.4, 0.5) is 4.39 Å². The number of hydrogen-bond donors (Lipinski definition) is 1. The Morgan fingerprint density at radius 2 is 1.56 bits per heavy atom. The fourth-order valence-corrected chi connectivity index (χ4v) is 4.64. The van der Waals surface area contributed by atoms with Gasteiger partial charge in [-0.25, -0.2) is 4.39 Å². The summed E-state index contributed by atoms with van der Waals surface area (Å²) >= 11 is 0. The standard InChI is InChI=1S/C30H27FN2O/c1-20-10-15-29-25(16-20)17-26(30(34)32-29)19-33(21(2)22-11-13-27(31)14-12-22)18-24-8-5-7-23-6-3-4-9-28(23)24/h3-17,21H,18-19H2,1-2H3,(H,32,34). The zero-order chi connectivity index (χ0) is 23.7. The third kappa shape index (κ3) is 4.50. The first kappa shape index (κ1) is 22.1. The van der Waals surface area contributed by atoms with E-state index in [-0.39, 0.29) is 17.4 Å². The average molecular weight is 451 g/mol. The van der Waals surface area contributed by atoms with Gasteiger partial charge in [0.2, 0.25) is 0 Å². The van der Waals surface area contributed by atoms with Crippen molar-refractivity contribution in [2.24, 2.45) is 0 Å². The third-order valence-electron chi connectivity index (χ3n) is 6.60.